The Morgan fingerprint density at radius 2 is 2.00 bits per heavy atom. The van der Waals surface area contributed by atoms with Crippen LogP contribution in [0.25, 0.3) is 0 Å². The summed E-state index contributed by atoms with van der Waals surface area (Å²) in [6.45, 7) is 3.59. The van der Waals surface area contributed by atoms with Gasteiger partial charge in [-0.25, -0.2) is 0 Å². The molecule has 0 atom stereocenters. The van der Waals surface area contributed by atoms with Crippen LogP contribution in [0.1, 0.15) is 33.0 Å². The summed E-state index contributed by atoms with van der Waals surface area (Å²) in [5.74, 6) is -0.446. The van der Waals surface area contributed by atoms with Crippen LogP contribution < -0.4 is 5.32 Å². The van der Waals surface area contributed by atoms with Crippen molar-refractivity contribution in [2.24, 2.45) is 0 Å². The number of hydrogen-bond donors (Lipinski definition) is 2. The maximum absolute atomic E-state index is 12.9. The van der Waals surface area contributed by atoms with E-state index in [0.29, 0.717) is 31.7 Å². The zero-order valence-corrected chi connectivity index (χ0v) is 17.8. The first-order valence-electron chi connectivity index (χ1n) is 7.98. The summed E-state index contributed by atoms with van der Waals surface area (Å²) < 4.78 is 41.3. The first-order chi connectivity index (χ1) is 13.1. The smallest absolute Gasteiger partial charge is 0.317 e. The number of H-pyrrole nitrogens is 1. The average molecular weight is 521 g/mol. The third kappa shape index (κ3) is 4.14. The number of carbonyl (C=O) groups is 1. The number of aryl methyl sites for hydroxylation is 1. The summed E-state index contributed by atoms with van der Waals surface area (Å²) in [4.78, 5) is 12.5. The first-order valence-corrected chi connectivity index (χ1v) is 9.57. The number of benzene rings is 1. The van der Waals surface area contributed by atoms with Crippen molar-refractivity contribution in [2.75, 3.05) is 5.32 Å². The highest BCUT2D eigenvalue weighted by atomic mass is 79.9. The lowest BCUT2D eigenvalue weighted by Gasteiger charge is -2.10. The lowest BCUT2D eigenvalue weighted by molar-refractivity contribution is -0.137. The number of amides is 1. The molecule has 0 unspecified atom stereocenters. The molecule has 0 radical (unpaired) electrons. The second kappa shape index (κ2) is 7.70. The SMILES string of the molecule is Cc1nn(Cc2cccc(C(F)(F)F)c2)c(C)c1NC(=O)c1n[nH]c(Br)c1Br. The molecule has 6 nitrogen and oxygen atoms in total. The first kappa shape index (κ1) is 20.6. The van der Waals surface area contributed by atoms with Gasteiger partial charge in [0.15, 0.2) is 5.69 Å². The normalized spacial score (nSPS) is 11.7. The molecule has 11 heteroatoms. The van der Waals surface area contributed by atoms with Crippen molar-refractivity contribution in [3.8, 4) is 0 Å². The maximum atomic E-state index is 12.9. The van der Waals surface area contributed by atoms with Gasteiger partial charge in [0.1, 0.15) is 4.60 Å². The van der Waals surface area contributed by atoms with Crippen LogP contribution in [0.15, 0.2) is 33.3 Å². The van der Waals surface area contributed by atoms with E-state index >= 15 is 0 Å². The van der Waals surface area contributed by atoms with Gasteiger partial charge in [0.05, 0.1) is 33.7 Å². The minimum Gasteiger partial charge on any atom is -0.317 e. The summed E-state index contributed by atoms with van der Waals surface area (Å²) in [5, 5.41) is 13.6. The van der Waals surface area contributed by atoms with Crippen LogP contribution in [0.5, 0.6) is 0 Å². The molecule has 0 aliphatic carbocycles. The van der Waals surface area contributed by atoms with Gasteiger partial charge in [-0.2, -0.15) is 23.4 Å². The van der Waals surface area contributed by atoms with Gasteiger partial charge in [0, 0.05) is 0 Å². The van der Waals surface area contributed by atoms with E-state index in [-0.39, 0.29) is 12.2 Å². The second-order valence-electron chi connectivity index (χ2n) is 6.06. The van der Waals surface area contributed by atoms with Crippen molar-refractivity contribution in [1.82, 2.24) is 20.0 Å². The summed E-state index contributed by atoms with van der Waals surface area (Å²) >= 11 is 6.48. The van der Waals surface area contributed by atoms with Crippen molar-refractivity contribution >= 4 is 43.5 Å². The Bertz CT molecular complexity index is 1040. The number of halogens is 5. The zero-order chi connectivity index (χ0) is 20.6. The van der Waals surface area contributed by atoms with Gasteiger partial charge in [-0.15, -0.1) is 0 Å². The Labute approximate surface area is 174 Å². The van der Waals surface area contributed by atoms with Gasteiger partial charge in [0.25, 0.3) is 5.91 Å². The predicted octanol–water partition coefficient (Wildman–Crippen LogP) is 5.07. The Kier molecular flexibility index (Phi) is 5.67. The minimum atomic E-state index is -4.41. The van der Waals surface area contributed by atoms with E-state index in [9.17, 15) is 18.0 Å². The van der Waals surface area contributed by atoms with Crippen molar-refractivity contribution in [3.05, 3.63) is 61.6 Å². The van der Waals surface area contributed by atoms with Gasteiger partial charge in [-0.3, -0.25) is 14.6 Å². The van der Waals surface area contributed by atoms with Crippen molar-refractivity contribution in [3.63, 3.8) is 0 Å². The Morgan fingerprint density at radius 1 is 1.29 bits per heavy atom. The average Bonchev–Trinajstić information content (AvgIpc) is 3.08. The van der Waals surface area contributed by atoms with Crippen LogP contribution in [0.2, 0.25) is 0 Å². The summed E-state index contributed by atoms with van der Waals surface area (Å²) in [6.07, 6.45) is -4.41. The van der Waals surface area contributed by atoms with Crippen LogP contribution in [0.3, 0.4) is 0 Å². The Morgan fingerprint density at radius 3 is 2.61 bits per heavy atom. The van der Waals surface area contributed by atoms with Gasteiger partial charge in [-0.05, 0) is 63.4 Å². The topological polar surface area (TPSA) is 75.6 Å². The number of aromatic amines is 1. The molecular formula is C17H14Br2F3N5O. The molecule has 1 amide bonds. The molecule has 3 rings (SSSR count). The molecule has 0 aliphatic heterocycles. The van der Waals surface area contributed by atoms with Gasteiger partial charge in [0.2, 0.25) is 0 Å². The maximum Gasteiger partial charge on any atom is 0.416 e. The van der Waals surface area contributed by atoms with E-state index in [1.165, 1.54) is 6.07 Å². The predicted molar refractivity (Wildman–Crippen MR) is 104 cm³/mol. The summed E-state index contributed by atoms with van der Waals surface area (Å²) in [5.41, 5.74) is 1.56. The molecular weight excluding hydrogens is 507 g/mol. The van der Waals surface area contributed by atoms with E-state index in [2.05, 4.69) is 52.5 Å². The molecule has 0 aliphatic rings. The molecule has 148 valence electrons. The highest BCUT2D eigenvalue weighted by Crippen LogP contribution is 2.30. The number of anilines is 1. The number of carbonyl (C=O) groups excluding carboxylic acids is 1. The van der Waals surface area contributed by atoms with E-state index in [1.807, 2.05) is 0 Å². The molecule has 0 saturated carbocycles. The molecule has 3 aromatic rings. The second-order valence-corrected chi connectivity index (χ2v) is 7.64. The monoisotopic (exact) mass is 519 g/mol. The molecule has 0 spiro atoms. The van der Waals surface area contributed by atoms with Crippen LogP contribution in [0, 0.1) is 13.8 Å². The summed E-state index contributed by atoms with van der Waals surface area (Å²) in [6, 6.07) is 5.07. The van der Waals surface area contributed by atoms with Crippen molar-refractivity contribution < 1.29 is 18.0 Å². The lowest BCUT2D eigenvalue weighted by Crippen LogP contribution is -2.14. The standard InChI is InChI=1S/C17H14Br2F3N5O/c1-8-13(23-16(28)14-12(18)15(19)25-24-14)9(2)27(26-8)7-10-4-3-5-11(6-10)17(20,21)22/h3-6H,7H2,1-2H3,(H,23,28)(H,24,25). The fraction of sp³-hybridized carbons (Fsp3) is 0.235. The van der Waals surface area contributed by atoms with E-state index in [4.69, 9.17) is 0 Å². The molecule has 2 aromatic heterocycles. The van der Waals surface area contributed by atoms with Gasteiger partial charge < -0.3 is 5.32 Å². The van der Waals surface area contributed by atoms with Crippen molar-refractivity contribution in [2.45, 2.75) is 26.6 Å². The lowest BCUT2D eigenvalue weighted by atomic mass is 10.1. The Hall–Kier alpha value is -2.14. The number of alkyl halides is 3. The quantitative estimate of drug-likeness (QED) is 0.504. The zero-order valence-electron chi connectivity index (χ0n) is 14.7. The van der Waals surface area contributed by atoms with E-state index in [0.717, 1.165) is 12.1 Å². The highest BCUT2D eigenvalue weighted by Gasteiger charge is 2.30. The number of hydrogen-bond acceptors (Lipinski definition) is 3. The third-order valence-corrected chi connectivity index (χ3v) is 5.97. The van der Waals surface area contributed by atoms with E-state index < -0.39 is 17.6 Å². The molecule has 28 heavy (non-hydrogen) atoms. The molecule has 0 saturated heterocycles. The van der Waals surface area contributed by atoms with E-state index in [1.54, 1.807) is 24.6 Å². The van der Waals surface area contributed by atoms with Crippen LogP contribution in [0.4, 0.5) is 18.9 Å². The Balaban J connectivity index is 1.84. The molecule has 1 aromatic carbocycles. The number of rotatable bonds is 4. The van der Waals surface area contributed by atoms with Crippen LogP contribution >= 0.6 is 31.9 Å². The largest absolute Gasteiger partial charge is 0.416 e. The van der Waals surface area contributed by atoms with Gasteiger partial charge >= 0.3 is 6.18 Å². The van der Waals surface area contributed by atoms with Crippen molar-refractivity contribution in [1.29, 1.82) is 0 Å². The third-order valence-electron chi connectivity index (χ3n) is 4.09. The number of nitrogens with one attached hydrogen (secondary N) is 2. The molecule has 2 N–H and O–H groups in total. The molecule has 0 fully saturated rings. The molecule has 0 bridgehead atoms. The number of aromatic nitrogens is 4. The van der Waals surface area contributed by atoms with Crippen LogP contribution in [-0.2, 0) is 12.7 Å². The minimum absolute atomic E-state index is 0.143. The highest BCUT2D eigenvalue weighted by molar-refractivity contribution is 9.13. The fourth-order valence-corrected chi connectivity index (χ4v) is 3.31. The molecule has 2 heterocycles. The number of nitrogens with zero attached hydrogens (tertiary/aromatic N) is 3. The van der Waals surface area contributed by atoms with Crippen LogP contribution in [-0.4, -0.2) is 25.9 Å². The summed E-state index contributed by atoms with van der Waals surface area (Å²) in [7, 11) is 0. The van der Waals surface area contributed by atoms with Gasteiger partial charge in [-0.1, -0.05) is 12.1 Å². The fourth-order valence-electron chi connectivity index (χ4n) is 2.68.